The monoisotopic (exact) mass is 187 g/mol. The molecular weight excluding hydrogens is 166 g/mol. The summed E-state index contributed by atoms with van der Waals surface area (Å²) in [6, 6.07) is 0. The van der Waals surface area contributed by atoms with E-state index < -0.39 is 5.97 Å². The van der Waals surface area contributed by atoms with Crippen molar-refractivity contribution >= 4 is 5.97 Å². The average molecular weight is 187 g/mol. The fourth-order valence-corrected chi connectivity index (χ4v) is 1.11. The molecule has 0 amide bonds. The second kappa shape index (κ2) is 6.89. The highest BCUT2D eigenvalue weighted by atomic mass is 16.4. The molecule has 13 heavy (non-hydrogen) atoms. The van der Waals surface area contributed by atoms with Gasteiger partial charge in [-0.25, -0.2) is 0 Å². The lowest BCUT2D eigenvalue weighted by Crippen LogP contribution is -2.24. The fraction of sp³-hybridized carbons (Fsp3) is 0.900. The van der Waals surface area contributed by atoms with Crippen LogP contribution in [0.3, 0.4) is 0 Å². The van der Waals surface area contributed by atoms with Gasteiger partial charge in [-0.3, -0.25) is 4.79 Å². The van der Waals surface area contributed by atoms with Gasteiger partial charge in [-0.15, -0.1) is 0 Å². The van der Waals surface area contributed by atoms with Crippen molar-refractivity contribution < 1.29 is 9.90 Å². The summed E-state index contributed by atoms with van der Waals surface area (Å²) in [5, 5.41) is 11.8. The summed E-state index contributed by atoms with van der Waals surface area (Å²) in [5.41, 5.74) is 0. The summed E-state index contributed by atoms with van der Waals surface area (Å²) in [4.78, 5) is 10.3. The molecule has 0 saturated carbocycles. The van der Waals surface area contributed by atoms with Crippen LogP contribution in [-0.2, 0) is 4.79 Å². The summed E-state index contributed by atoms with van der Waals surface area (Å²) in [5.74, 6) is 0.227. The Labute approximate surface area is 80.5 Å². The number of carboxylic acids is 1. The van der Waals surface area contributed by atoms with Crippen molar-refractivity contribution in [2.24, 2.45) is 11.8 Å². The first-order valence-electron chi connectivity index (χ1n) is 4.95. The molecule has 1 atom stereocenters. The lowest BCUT2D eigenvalue weighted by molar-refractivity contribution is -0.137. The maximum absolute atomic E-state index is 10.3. The van der Waals surface area contributed by atoms with Gasteiger partial charge in [-0.05, 0) is 31.3 Å². The van der Waals surface area contributed by atoms with Crippen LogP contribution in [0.1, 0.15) is 33.6 Å². The Hall–Kier alpha value is -0.570. The highest BCUT2D eigenvalue weighted by molar-refractivity contribution is 5.66. The van der Waals surface area contributed by atoms with E-state index in [2.05, 4.69) is 19.2 Å². The maximum atomic E-state index is 10.3. The van der Waals surface area contributed by atoms with E-state index in [0.29, 0.717) is 5.92 Å². The van der Waals surface area contributed by atoms with Crippen molar-refractivity contribution in [3.8, 4) is 0 Å². The molecular formula is C10H21NO2. The molecule has 0 aromatic heterocycles. The van der Waals surface area contributed by atoms with Gasteiger partial charge in [0, 0.05) is 6.42 Å². The Morgan fingerprint density at radius 1 is 1.38 bits per heavy atom. The number of aliphatic carboxylic acids is 1. The van der Waals surface area contributed by atoms with E-state index in [1.165, 1.54) is 0 Å². The van der Waals surface area contributed by atoms with Gasteiger partial charge in [0.2, 0.25) is 0 Å². The molecule has 0 aromatic rings. The van der Waals surface area contributed by atoms with E-state index in [-0.39, 0.29) is 12.3 Å². The molecule has 78 valence electrons. The minimum absolute atomic E-state index is 0.227. The Balaban J connectivity index is 3.26. The average Bonchev–Trinajstić information content (AvgIpc) is 1.96. The molecule has 0 fully saturated rings. The third kappa shape index (κ3) is 9.34. The normalized spacial score (nSPS) is 13.2. The van der Waals surface area contributed by atoms with E-state index in [4.69, 9.17) is 5.11 Å². The smallest absolute Gasteiger partial charge is 0.303 e. The number of carboxylic acid groups (broad SMARTS) is 1. The largest absolute Gasteiger partial charge is 0.481 e. The van der Waals surface area contributed by atoms with Gasteiger partial charge in [0.05, 0.1) is 0 Å². The third-order valence-electron chi connectivity index (χ3n) is 1.91. The van der Waals surface area contributed by atoms with Crippen LogP contribution in [0.15, 0.2) is 0 Å². The minimum atomic E-state index is -0.710. The first-order chi connectivity index (χ1) is 6.02. The van der Waals surface area contributed by atoms with E-state index >= 15 is 0 Å². The quantitative estimate of drug-likeness (QED) is 0.597. The molecule has 0 aliphatic heterocycles. The second-order valence-electron chi connectivity index (χ2n) is 4.09. The second-order valence-corrected chi connectivity index (χ2v) is 4.09. The first-order valence-corrected chi connectivity index (χ1v) is 4.95. The predicted molar refractivity (Wildman–Crippen MR) is 53.7 cm³/mol. The Morgan fingerprint density at radius 2 is 2.00 bits per heavy atom. The topological polar surface area (TPSA) is 49.3 Å². The molecule has 3 nitrogen and oxygen atoms in total. The van der Waals surface area contributed by atoms with Crippen molar-refractivity contribution in [3.63, 3.8) is 0 Å². The van der Waals surface area contributed by atoms with E-state index in [9.17, 15) is 4.79 Å². The summed E-state index contributed by atoms with van der Waals surface area (Å²) >= 11 is 0. The molecule has 0 spiro atoms. The van der Waals surface area contributed by atoms with Gasteiger partial charge in [0.15, 0.2) is 0 Å². The van der Waals surface area contributed by atoms with Gasteiger partial charge >= 0.3 is 5.97 Å². The van der Waals surface area contributed by atoms with Crippen LogP contribution in [0.4, 0.5) is 0 Å². The van der Waals surface area contributed by atoms with Crippen LogP contribution in [0.5, 0.6) is 0 Å². The SMILES string of the molecule is CC(C)CCNCC(C)CC(=O)O. The summed E-state index contributed by atoms with van der Waals surface area (Å²) in [6.45, 7) is 8.11. The number of carbonyl (C=O) groups is 1. The number of rotatable bonds is 7. The van der Waals surface area contributed by atoms with Gasteiger partial charge in [-0.2, -0.15) is 0 Å². The van der Waals surface area contributed by atoms with Crippen LogP contribution in [0, 0.1) is 11.8 Å². The molecule has 0 bridgehead atoms. The molecule has 0 aliphatic carbocycles. The highest BCUT2D eigenvalue weighted by Crippen LogP contribution is 2.00. The van der Waals surface area contributed by atoms with Crippen molar-refractivity contribution in [1.29, 1.82) is 0 Å². The highest BCUT2D eigenvalue weighted by Gasteiger charge is 2.06. The van der Waals surface area contributed by atoms with E-state index in [0.717, 1.165) is 19.5 Å². The predicted octanol–water partition coefficient (Wildman–Crippen LogP) is 1.73. The van der Waals surface area contributed by atoms with Crippen LogP contribution < -0.4 is 5.32 Å². The van der Waals surface area contributed by atoms with Crippen LogP contribution in [0.2, 0.25) is 0 Å². The summed E-state index contributed by atoms with van der Waals surface area (Å²) < 4.78 is 0. The van der Waals surface area contributed by atoms with Crippen molar-refractivity contribution in [2.75, 3.05) is 13.1 Å². The zero-order valence-corrected chi connectivity index (χ0v) is 8.84. The molecule has 2 N–H and O–H groups in total. The first kappa shape index (κ1) is 12.4. The molecule has 0 heterocycles. The Kier molecular flexibility index (Phi) is 6.59. The number of nitrogens with one attached hydrogen (secondary N) is 1. The molecule has 3 heteroatoms. The number of hydrogen-bond donors (Lipinski definition) is 2. The van der Waals surface area contributed by atoms with Crippen LogP contribution >= 0.6 is 0 Å². The van der Waals surface area contributed by atoms with Crippen LogP contribution in [-0.4, -0.2) is 24.2 Å². The molecule has 0 radical (unpaired) electrons. The fourth-order valence-electron chi connectivity index (χ4n) is 1.11. The summed E-state index contributed by atoms with van der Waals surface area (Å²) in [7, 11) is 0. The lowest BCUT2D eigenvalue weighted by atomic mass is 10.1. The molecule has 0 aliphatic rings. The zero-order chi connectivity index (χ0) is 10.3. The molecule has 0 aromatic carbocycles. The van der Waals surface area contributed by atoms with Crippen molar-refractivity contribution in [2.45, 2.75) is 33.6 Å². The van der Waals surface area contributed by atoms with E-state index in [1.807, 2.05) is 6.92 Å². The van der Waals surface area contributed by atoms with Crippen molar-refractivity contribution in [1.82, 2.24) is 5.32 Å². The summed E-state index contributed by atoms with van der Waals surface area (Å²) in [6.07, 6.45) is 1.41. The minimum Gasteiger partial charge on any atom is -0.481 e. The van der Waals surface area contributed by atoms with Gasteiger partial charge < -0.3 is 10.4 Å². The molecule has 0 rings (SSSR count). The molecule has 0 saturated heterocycles. The van der Waals surface area contributed by atoms with E-state index in [1.54, 1.807) is 0 Å². The van der Waals surface area contributed by atoms with Gasteiger partial charge in [0.25, 0.3) is 0 Å². The zero-order valence-electron chi connectivity index (χ0n) is 8.84. The number of hydrogen-bond acceptors (Lipinski definition) is 2. The van der Waals surface area contributed by atoms with Gasteiger partial charge in [-0.1, -0.05) is 20.8 Å². The Bertz CT molecular complexity index is 146. The molecule has 1 unspecified atom stereocenters. The Morgan fingerprint density at radius 3 is 2.46 bits per heavy atom. The standard InChI is InChI=1S/C10H21NO2/c1-8(2)4-5-11-7-9(3)6-10(12)13/h8-9,11H,4-7H2,1-3H3,(H,12,13). The van der Waals surface area contributed by atoms with Crippen LogP contribution in [0.25, 0.3) is 0 Å². The van der Waals surface area contributed by atoms with Gasteiger partial charge in [0.1, 0.15) is 0 Å². The maximum Gasteiger partial charge on any atom is 0.303 e. The lowest BCUT2D eigenvalue weighted by Gasteiger charge is -2.10. The van der Waals surface area contributed by atoms with Crippen molar-refractivity contribution in [3.05, 3.63) is 0 Å². The third-order valence-corrected chi connectivity index (χ3v) is 1.91.